The molecule has 1 aromatic carbocycles. The van der Waals surface area contributed by atoms with Gasteiger partial charge in [0.1, 0.15) is 5.82 Å². The summed E-state index contributed by atoms with van der Waals surface area (Å²) in [6.45, 7) is 4.32. The summed E-state index contributed by atoms with van der Waals surface area (Å²) in [6.07, 6.45) is 9.92. The molecule has 1 aliphatic carbocycles. The summed E-state index contributed by atoms with van der Waals surface area (Å²) in [5.74, 6) is -0.258. The third kappa shape index (κ3) is 5.98. The molecule has 0 unspecified atom stereocenters. The molecule has 2 N–H and O–H groups in total. The summed E-state index contributed by atoms with van der Waals surface area (Å²) in [5.41, 5.74) is 0.802. The third-order valence-electron chi connectivity index (χ3n) is 6.17. The smallest absolute Gasteiger partial charge is 0.128 e. The monoisotopic (exact) mass is 378 g/mol. The number of rotatable bonds is 9. The summed E-state index contributed by atoms with van der Waals surface area (Å²) in [5, 5.41) is 13.7. The lowest BCUT2D eigenvalue weighted by atomic mass is 9.79. The van der Waals surface area contributed by atoms with Crippen LogP contribution in [-0.2, 0) is 11.3 Å². The second kappa shape index (κ2) is 10.5. The SMILES string of the molecule is O[C@H](CNCC1(N2CCCCC2)CCCCC1)COCc1ccccc1F. The highest BCUT2D eigenvalue weighted by molar-refractivity contribution is 5.16. The van der Waals surface area contributed by atoms with E-state index >= 15 is 0 Å². The highest BCUT2D eigenvalue weighted by Crippen LogP contribution is 2.35. The van der Waals surface area contributed by atoms with E-state index in [0.717, 1.165) is 6.54 Å². The summed E-state index contributed by atoms with van der Waals surface area (Å²) in [4.78, 5) is 2.71. The van der Waals surface area contributed by atoms with Crippen molar-refractivity contribution < 1.29 is 14.2 Å². The van der Waals surface area contributed by atoms with Gasteiger partial charge in [0.05, 0.1) is 19.3 Å². The molecule has 1 heterocycles. The average Bonchev–Trinajstić information content (AvgIpc) is 2.71. The molecule has 2 aliphatic rings. The van der Waals surface area contributed by atoms with Crippen LogP contribution in [0.5, 0.6) is 0 Å². The van der Waals surface area contributed by atoms with Crippen LogP contribution < -0.4 is 5.32 Å². The Morgan fingerprint density at radius 1 is 1.07 bits per heavy atom. The molecule has 0 amide bonds. The minimum absolute atomic E-state index is 0.196. The predicted octanol–water partition coefficient (Wildman–Crippen LogP) is 3.48. The normalized spacial score (nSPS) is 21.9. The van der Waals surface area contributed by atoms with Crippen LogP contribution in [-0.4, -0.2) is 54.4 Å². The van der Waals surface area contributed by atoms with Gasteiger partial charge in [-0.05, 0) is 44.8 Å². The van der Waals surface area contributed by atoms with E-state index in [1.54, 1.807) is 18.2 Å². The Morgan fingerprint density at radius 3 is 2.52 bits per heavy atom. The van der Waals surface area contributed by atoms with Crippen molar-refractivity contribution in [3.8, 4) is 0 Å². The largest absolute Gasteiger partial charge is 0.389 e. The number of halogens is 1. The fourth-order valence-corrected chi connectivity index (χ4v) is 4.63. The molecule has 3 rings (SSSR count). The zero-order valence-corrected chi connectivity index (χ0v) is 16.5. The molecule has 2 fully saturated rings. The van der Waals surface area contributed by atoms with Crippen LogP contribution in [0.25, 0.3) is 0 Å². The molecule has 0 spiro atoms. The van der Waals surface area contributed by atoms with Gasteiger partial charge in [0.25, 0.3) is 0 Å². The number of aliphatic hydroxyl groups excluding tert-OH is 1. The Kier molecular flexibility index (Phi) is 8.07. The van der Waals surface area contributed by atoms with E-state index in [0.29, 0.717) is 12.1 Å². The first-order valence-electron chi connectivity index (χ1n) is 10.6. The predicted molar refractivity (Wildman–Crippen MR) is 106 cm³/mol. The van der Waals surface area contributed by atoms with Gasteiger partial charge in [0.15, 0.2) is 0 Å². The molecule has 1 saturated carbocycles. The van der Waals surface area contributed by atoms with E-state index in [1.165, 1.54) is 70.5 Å². The third-order valence-corrected chi connectivity index (χ3v) is 6.17. The van der Waals surface area contributed by atoms with Gasteiger partial charge < -0.3 is 15.2 Å². The van der Waals surface area contributed by atoms with E-state index < -0.39 is 6.10 Å². The Morgan fingerprint density at radius 2 is 1.78 bits per heavy atom. The van der Waals surface area contributed by atoms with Crippen molar-refractivity contribution in [2.45, 2.75) is 69.6 Å². The Bertz CT molecular complexity index is 557. The molecule has 1 aromatic rings. The zero-order chi connectivity index (χ0) is 19.0. The molecular weight excluding hydrogens is 343 g/mol. The number of ether oxygens (including phenoxy) is 1. The maximum absolute atomic E-state index is 13.6. The van der Waals surface area contributed by atoms with Gasteiger partial charge in [-0.3, -0.25) is 4.90 Å². The van der Waals surface area contributed by atoms with Crippen LogP contribution in [0.2, 0.25) is 0 Å². The fourth-order valence-electron chi connectivity index (χ4n) is 4.63. The van der Waals surface area contributed by atoms with Gasteiger partial charge >= 0.3 is 0 Å². The maximum Gasteiger partial charge on any atom is 0.128 e. The molecule has 5 heteroatoms. The first-order valence-corrected chi connectivity index (χ1v) is 10.6. The topological polar surface area (TPSA) is 44.7 Å². The van der Waals surface area contributed by atoms with Crippen molar-refractivity contribution in [1.29, 1.82) is 0 Å². The average molecular weight is 379 g/mol. The lowest BCUT2D eigenvalue weighted by Gasteiger charge is -2.48. The van der Waals surface area contributed by atoms with Crippen LogP contribution in [0, 0.1) is 5.82 Å². The quantitative estimate of drug-likeness (QED) is 0.691. The number of benzene rings is 1. The van der Waals surface area contributed by atoms with Crippen LogP contribution in [0.15, 0.2) is 24.3 Å². The van der Waals surface area contributed by atoms with Gasteiger partial charge in [0, 0.05) is 24.2 Å². The molecule has 0 radical (unpaired) electrons. The number of piperidine rings is 1. The van der Waals surface area contributed by atoms with Gasteiger partial charge in [-0.15, -0.1) is 0 Å². The molecule has 152 valence electrons. The van der Waals surface area contributed by atoms with E-state index in [4.69, 9.17) is 4.74 Å². The lowest BCUT2D eigenvalue weighted by Crippen LogP contribution is -2.58. The summed E-state index contributed by atoms with van der Waals surface area (Å²) in [6, 6.07) is 6.61. The zero-order valence-electron chi connectivity index (χ0n) is 16.5. The minimum Gasteiger partial charge on any atom is -0.389 e. The van der Waals surface area contributed by atoms with Crippen molar-refractivity contribution in [2.75, 3.05) is 32.8 Å². The van der Waals surface area contributed by atoms with E-state index in [-0.39, 0.29) is 24.6 Å². The first-order chi connectivity index (χ1) is 13.2. The van der Waals surface area contributed by atoms with Crippen molar-refractivity contribution in [3.05, 3.63) is 35.6 Å². The van der Waals surface area contributed by atoms with Crippen molar-refractivity contribution in [1.82, 2.24) is 10.2 Å². The number of nitrogens with one attached hydrogen (secondary N) is 1. The van der Waals surface area contributed by atoms with Crippen molar-refractivity contribution in [3.63, 3.8) is 0 Å². The highest BCUT2D eigenvalue weighted by Gasteiger charge is 2.37. The second-order valence-corrected chi connectivity index (χ2v) is 8.22. The maximum atomic E-state index is 13.6. The minimum atomic E-state index is -0.571. The lowest BCUT2D eigenvalue weighted by molar-refractivity contribution is 0.0146. The number of nitrogens with zero attached hydrogens (tertiary/aromatic N) is 1. The first kappa shape index (κ1) is 20.7. The van der Waals surface area contributed by atoms with Gasteiger partial charge in [0.2, 0.25) is 0 Å². The fraction of sp³-hybridized carbons (Fsp3) is 0.727. The van der Waals surface area contributed by atoms with E-state index in [2.05, 4.69) is 10.2 Å². The van der Waals surface area contributed by atoms with Gasteiger partial charge in [-0.1, -0.05) is 43.9 Å². The molecule has 1 atom stereocenters. The highest BCUT2D eigenvalue weighted by atomic mass is 19.1. The van der Waals surface area contributed by atoms with Gasteiger partial charge in [-0.2, -0.15) is 0 Å². The summed E-state index contributed by atoms with van der Waals surface area (Å²) >= 11 is 0. The molecule has 0 bridgehead atoms. The van der Waals surface area contributed by atoms with Crippen LogP contribution in [0.1, 0.15) is 56.9 Å². The molecule has 4 nitrogen and oxygen atoms in total. The molecule has 0 aromatic heterocycles. The van der Waals surface area contributed by atoms with Crippen LogP contribution >= 0.6 is 0 Å². The number of hydrogen-bond donors (Lipinski definition) is 2. The second-order valence-electron chi connectivity index (χ2n) is 8.22. The Labute approximate surface area is 163 Å². The Hall–Kier alpha value is -1.01. The molecule has 1 aliphatic heterocycles. The number of hydrogen-bond acceptors (Lipinski definition) is 4. The van der Waals surface area contributed by atoms with Crippen LogP contribution in [0.3, 0.4) is 0 Å². The molecule has 1 saturated heterocycles. The van der Waals surface area contributed by atoms with E-state index in [1.807, 2.05) is 0 Å². The summed E-state index contributed by atoms with van der Waals surface area (Å²) in [7, 11) is 0. The number of aliphatic hydroxyl groups is 1. The van der Waals surface area contributed by atoms with Crippen molar-refractivity contribution in [2.24, 2.45) is 0 Å². The van der Waals surface area contributed by atoms with E-state index in [9.17, 15) is 9.50 Å². The molecule has 27 heavy (non-hydrogen) atoms. The van der Waals surface area contributed by atoms with Crippen LogP contribution in [0.4, 0.5) is 4.39 Å². The standard InChI is InChI=1S/C22H35FN2O2/c23-21-10-4-3-9-19(21)16-27-17-20(26)15-24-18-22(11-5-1-6-12-22)25-13-7-2-8-14-25/h3-4,9-10,20,24,26H,1-2,5-8,11-18H2/t20-/m1/s1. The number of likely N-dealkylation sites (tertiary alicyclic amines) is 1. The Balaban J connectivity index is 1.40. The molecular formula is C22H35FN2O2. The van der Waals surface area contributed by atoms with Gasteiger partial charge in [-0.25, -0.2) is 4.39 Å². The van der Waals surface area contributed by atoms with Crippen molar-refractivity contribution >= 4 is 0 Å². The summed E-state index contributed by atoms with van der Waals surface area (Å²) < 4.78 is 19.1.